The van der Waals surface area contributed by atoms with Crippen molar-refractivity contribution in [1.82, 2.24) is 0 Å². The van der Waals surface area contributed by atoms with Gasteiger partial charge in [-0.2, -0.15) is 0 Å². The molecule has 1 N–H and O–H groups in total. The van der Waals surface area contributed by atoms with Gasteiger partial charge in [-0.05, 0) is 54.8 Å². The zero-order valence-corrected chi connectivity index (χ0v) is 13.4. The Hall–Kier alpha value is -0.0400. The van der Waals surface area contributed by atoms with Gasteiger partial charge in [0, 0.05) is 0 Å². The summed E-state index contributed by atoms with van der Waals surface area (Å²) in [6.45, 7) is 13.9. The molecule has 0 heterocycles. The van der Waals surface area contributed by atoms with Crippen molar-refractivity contribution in [3.8, 4) is 0 Å². The molecule has 1 aliphatic rings. The van der Waals surface area contributed by atoms with Crippen LogP contribution in [0, 0.1) is 29.1 Å². The molecule has 0 aliphatic heterocycles. The van der Waals surface area contributed by atoms with E-state index in [-0.39, 0.29) is 6.10 Å². The Bertz CT molecular complexity index is 244. The monoisotopic (exact) mass is 254 g/mol. The summed E-state index contributed by atoms with van der Waals surface area (Å²) >= 11 is 0. The Kier molecular flexibility index (Phi) is 5.70. The lowest BCUT2D eigenvalue weighted by molar-refractivity contribution is 0.0274. The van der Waals surface area contributed by atoms with Gasteiger partial charge in [0.25, 0.3) is 0 Å². The van der Waals surface area contributed by atoms with Crippen molar-refractivity contribution in [1.29, 1.82) is 0 Å². The zero-order chi connectivity index (χ0) is 13.9. The Morgan fingerprint density at radius 1 is 1.11 bits per heavy atom. The molecule has 0 aromatic carbocycles. The lowest BCUT2D eigenvalue weighted by Gasteiger charge is -2.38. The van der Waals surface area contributed by atoms with Crippen LogP contribution in [-0.4, -0.2) is 11.2 Å². The smallest absolute Gasteiger partial charge is 0.0568 e. The summed E-state index contributed by atoms with van der Waals surface area (Å²) in [4.78, 5) is 0. The van der Waals surface area contributed by atoms with E-state index in [4.69, 9.17) is 0 Å². The summed E-state index contributed by atoms with van der Waals surface area (Å²) in [5, 5.41) is 10.4. The number of hydrogen-bond donors (Lipinski definition) is 1. The van der Waals surface area contributed by atoms with Gasteiger partial charge >= 0.3 is 0 Å². The third-order valence-electron chi connectivity index (χ3n) is 5.61. The quantitative estimate of drug-likeness (QED) is 0.716. The lowest BCUT2D eigenvalue weighted by Crippen LogP contribution is -2.34. The van der Waals surface area contributed by atoms with Crippen LogP contribution in [-0.2, 0) is 0 Å². The van der Waals surface area contributed by atoms with E-state index in [1.54, 1.807) is 0 Å². The minimum Gasteiger partial charge on any atom is -0.393 e. The van der Waals surface area contributed by atoms with Gasteiger partial charge in [-0.15, -0.1) is 0 Å². The summed E-state index contributed by atoms with van der Waals surface area (Å²) in [7, 11) is 0. The van der Waals surface area contributed by atoms with Gasteiger partial charge in [-0.25, -0.2) is 0 Å². The molecule has 0 aromatic rings. The van der Waals surface area contributed by atoms with Crippen molar-refractivity contribution in [2.24, 2.45) is 29.1 Å². The first-order valence-electron chi connectivity index (χ1n) is 7.98. The van der Waals surface area contributed by atoms with Crippen molar-refractivity contribution in [3.63, 3.8) is 0 Å². The van der Waals surface area contributed by atoms with Crippen LogP contribution in [0.25, 0.3) is 0 Å². The first-order chi connectivity index (χ1) is 8.30. The van der Waals surface area contributed by atoms with E-state index in [1.807, 2.05) is 0 Å². The summed E-state index contributed by atoms with van der Waals surface area (Å²) in [5.74, 6) is 2.70. The third-order valence-corrected chi connectivity index (χ3v) is 5.61. The third kappa shape index (κ3) is 3.50. The summed E-state index contributed by atoms with van der Waals surface area (Å²) < 4.78 is 0. The molecule has 1 saturated carbocycles. The molecule has 1 aliphatic carbocycles. The van der Waals surface area contributed by atoms with E-state index in [2.05, 4.69) is 41.5 Å². The largest absolute Gasteiger partial charge is 0.393 e. The lowest BCUT2D eigenvalue weighted by atomic mass is 9.68. The van der Waals surface area contributed by atoms with Crippen molar-refractivity contribution in [2.45, 2.75) is 79.8 Å². The highest BCUT2D eigenvalue weighted by Crippen LogP contribution is 2.52. The van der Waals surface area contributed by atoms with Gasteiger partial charge in [-0.1, -0.05) is 48.0 Å². The second kappa shape index (κ2) is 6.41. The first-order valence-corrected chi connectivity index (χ1v) is 7.98. The Morgan fingerprint density at radius 2 is 1.72 bits per heavy atom. The van der Waals surface area contributed by atoms with Crippen molar-refractivity contribution < 1.29 is 5.11 Å². The second-order valence-electron chi connectivity index (χ2n) is 7.51. The molecule has 0 aromatic heterocycles. The van der Waals surface area contributed by atoms with E-state index in [0.29, 0.717) is 23.2 Å². The SMILES string of the molecule is CC[C@@H]1CC[C@H]([C@H](C)[C@@H](O)CCC(C)C)C1(C)C. The summed E-state index contributed by atoms with van der Waals surface area (Å²) in [6, 6.07) is 0. The predicted octanol–water partition coefficient (Wildman–Crippen LogP) is 4.88. The molecule has 0 radical (unpaired) electrons. The van der Waals surface area contributed by atoms with E-state index in [9.17, 15) is 5.11 Å². The number of aliphatic hydroxyl groups excluding tert-OH is 1. The summed E-state index contributed by atoms with van der Waals surface area (Å²) in [5.41, 5.74) is 0.410. The fraction of sp³-hybridized carbons (Fsp3) is 1.00. The normalized spacial score (nSPS) is 30.7. The van der Waals surface area contributed by atoms with Crippen LogP contribution in [0.1, 0.15) is 73.6 Å². The van der Waals surface area contributed by atoms with Crippen molar-refractivity contribution in [3.05, 3.63) is 0 Å². The highest BCUT2D eigenvalue weighted by molar-refractivity contribution is 4.94. The van der Waals surface area contributed by atoms with Crippen LogP contribution >= 0.6 is 0 Å². The van der Waals surface area contributed by atoms with Crippen LogP contribution in [0.15, 0.2) is 0 Å². The molecule has 108 valence electrons. The molecule has 0 amide bonds. The van der Waals surface area contributed by atoms with E-state index < -0.39 is 0 Å². The Balaban J connectivity index is 2.58. The topological polar surface area (TPSA) is 20.2 Å². The van der Waals surface area contributed by atoms with E-state index in [1.165, 1.54) is 19.3 Å². The maximum absolute atomic E-state index is 10.4. The molecule has 1 nitrogen and oxygen atoms in total. The van der Waals surface area contributed by atoms with Gasteiger partial charge in [-0.3, -0.25) is 0 Å². The molecular weight excluding hydrogens is 220 g/mol. The van der Waals surface area contributed by atoms with Crippen LogP contribution in [0.4, 0.5) is 0 Å². The van der Waals surface area contributed by atoms with Gasteiger partial charge in [0.1, 0.15) is 0 Å². The summed E-state index contributed by atoms with van der Waals surface area (Å²) in [6.07, 6.45) is 5.98. The molecule has 18 heavy (non-hydrogen) atoms. The number of hydrogen-bond acceptors (Lipinski definition) is 1. The number of rotatable bonds is 6. The predicted molar refractivity (Wildman–Crippen MR) is 79.5 cm³/mol. The van der Waals surface area contributed by atoms with E-state index >= 15 is 0 Å². The molecular formula is C17H34O. The molecule has 0 unspecified atom stereocenters. The van der Waals surface area contributed by atoms with Crippen molar-refractivity contribution >= 4 is 0 Å². The Labute approximate surface area is 114 Å². The average molecular weight is 254 g/mol. The maximum Gasteiger partial charge on any atom is 0.0568 e. The highest BCUT2D eigenvalue weighted by atomic mass is 16.3. The van der Waals surface area contributed by atoms with Gasteiger partial charge < -0.3 is 5.11 Å². The van der Waals surface area contributed by atoms with Gasteiger partial charge in [0.15, 0.2) is 0 Å². The van der Waals surface area contributed by atoms with Gasteiger partial charge in [0.2, 0.25) is 0 Å². The minimum atomic E-state index is -0.104. The van der Waals surface area contributed by atoms with E-state index in [0.717, 1.165) is 18.8 Å². The van der Waals surface area contributed by atoms with Crippen LogP contribution in [0.3, 0.4) is 0 Å². The minimum absolute atomic E-state index is 0.104. The molecule has 1 heteroatoms. The van der Waals surface area contributed by atoms with Crippen molar-refractivity contribution in [2.75, 3.05) is 0 Å². The molecule has 0 bridgehead atoms. The fourth-order valence-corrected chi connectivity index (χ4v) is 4.13. The molecule has 1 rings (SSSR count). The van der Waals surface area contributed by atoms with Crippen LogP contribution in [0.5, 0.6) is 0 Å². The standard InChI is InChI=1S/C17H34O/c1-7-14-9-10-15(17(14,5)6)13(4)16(18)11-8-12(2)3/h12-16,18H,7-11H2,1-6H3/t13-,14+,15+,16-/m0/s1. The first kappa shape index (κ1) is 16.0. The van der Waals surface area contributed by atoms with Crippen LogP contribution < -0.4 is 0 Å². The maximum atomic E-state index is 10.4. The molecule has 0 saturated heterocycles. The van der Waals surface area contributed by atoms with Crippen LogP contribution in [0.2, 0.25) is 0 Å². The molecule has 0 spiro atoms. The Morgan fingerprint density at radius 3 is 2.17 bits per heavy atom. The van der Waals surface area contributed by atoms with Gasteiger partial charge in [0.05, 0.1) is 6.10 Å². The zero-order valence-electron chi connectivity index (χ0n) is 13.4. The fourth-order valence-electron chi connectivity index (χ4n) is 4.13. The second-order valence-corrected chi connectivity index (χ2v) is 7.51. The number of aliphatic hydroxyl groups is 1. The molecule has 4 atom stereocenters. The highest BCUT2D eigenvalue weighted by Gasteiger charge is 2.45. The average Bonchev–Trinajstić information content (AvgIpc) is 2.59. The molecule has 1 fully saturated rings.